The Hall–Kier alpha value is -1.50. The molecule has 2 heterocycles. The Labute approximate surface area is 116 Å². The molecule has 0 radical (unpaired) electrons. The van der Waals surface area contributed by atoms with Crippen molar-refractivity contribution < 1.29 is 0 Å². The van der Waals surface area contributed by atoms with Crippen molar-refractivity contribution in [1.82, 2.24) is 4.57 Å². The molecule has 1 aromatic carbocycles. The maximum Gasteiger partial charge on any atom is 0.0256 e. The molecule has 0 N–H and O–H groups in total. The molecule has 0 spiro atoms. The Morgan fingerprint density at radius 3 is 2.74 bits per heavy atom. The molecule has 0 atom stereocenters. The second-order valence-corrected chi connectivity index (χ2v) is 5.57. The molecule has 1 heteroatoms. The number of aryl methyl sites for hydroxylation is 1. The first-order chi connectivity index (χ1) is 9.40. The van der Waals surface area contributed by atoms with Gasteiger partial charge in [0.15, 0.2) is 0 Å². The van der Waals surface area contributed by atoms with Crippen LogP contribution in [0.2, 0.25) is 0 Å². The van der Waals surface area contributed by atoms with Crippen LogP contribution in [0.15, 0.2) is 36.4 Å². The molecule has 0 unspecified atom stereocenters. The molecule has 0 saturated carbocycles. The van der Waals surface area contributed by atoms with Gasteiger partial charge in [0.05, 0.1) is 0 Å². The van der Waals surface area contributed by atoms with Crippen LogP contribution in [-0.4, -0.2) is 4.57 Å². The first-order valence-electron chi connectivity index (χ1n) is 7.67. The van der Waals surface area contributed by atoms with E-state index in [1.54, 1.807) is 11.4 Å². The molecule has 19 heavy (non-hydrogen) atoms. The second kappa shape index (κ2) is 5.64. The number of benzene rings is 1. The van der Waals surface area contributed by atoms with Gasteiger partial charge >= 0.3 is 0 Å². The molecule has 1 aromatic heterocycles. The zero-order valence-electron chi connectivity index (χ0n) is 11.9. The molecule has 1 aliphatic heterocycles. The van der Waals surface area contributed by atoms with Gasteiger partial charge in [-0.25, -0.2) is 0 Å². The number of unbranched alkanes of at least 4 members (excludes halogenated alkanes) is 2. The third kappa shape index (κ3) is 2.47. The Morgan fingerprint density at radius 1 is 1.11 bits per heavy atom. The summed E-state index contributed by atoms with van der Waals surface area (Å²) < 4.78 is 2.58. The van der Waals surface area contributed by atoms with Gasteiger partial charge in [-0.1, -0.05) is 50.1 Å². The molecule has 0 bridgehead atoms. The molecule has 0 aliphatic carbocycles. The molecule has 2 aromatic rings. The summed E-state index contributed by atoms with van der Waals surface area (Å²) in [7, 11) is 0. The summed E-state index contributed by atoms with van der Waals surface area (Å²) >= 11 is 0. The zero-order valence-corrected chi connectivity index (χ0v) is 11.9. The van der Waals surface area contributed by atoms with Crippen molar-refractivity contribution in [3.05, 3.63) is 47.8 Å². The number of hydrogen-bond acceptors (Lipinski definition) is 0. The van der Waals surface area contributed by atoms with Crippen LogP contribution >= 0.6 is 0 Å². The Kier molecular flexibility index (Phi) is 3.72. The highest BCUT2D eigenvalue weighted by Gasteiger charge is 2.19. The number of aromatic nitrogens is 1. The average molecular weight is 253 g/mol. The van der Waals surface area contributed by atoms with Crippen molar-refractivity contribution >= 4 is 0 Å². The standard InChI is InChI=1S/C18H23N/c1-2-3-5-11-16-14-17(15-9-6-4-7-10-15)18-12-8-13-19(16)18/h4,6-7,9-10,14H,2-3,5,8,11-13H2,1H3. The SMILES string of the molecule is CCCCCc1cc(-c2ccccc2)c2n1CCC2. The van der Waals surface area contributed by atoms with Crippen molar-refractivity contribution in [1.29, 1.82) is 0 Å². The summed E-state index contributed by atoms with van der Waals surface area (Å²) in [5.74, 6) is 0. The lowest BCUT2D eigenvalue weighted by molar-refractivity contribution is 0.654. The highest BCUT2D eigenvalue weighted by Crippen LogP contribution is 2.32. The van der Waals surface area contributed by atoms with Gasteiger partial charge in [0.2, 0.25) is 0 Å². The smallest absolute Gasteiger partial charge is 0.0256 e. The van der Waals surface area contributed by atoms with Crippen LogP contribution in [0.3, 0.4) is 0 Å². The van der Waals surface area contributed by atoms with Gasteiger partial charge in [0.1, 0.15) is 0 Å². The summed E-state index contributed by atoms with van der Waals surface area (Å²) in [6.45, 7) is 3.50. The van der Waals surface area contributed by atoms with Crippen molar-refractivity contribution in [2.45, 2.75) is 52.0 Å². The van der Waals surface area contributed by atoms with E-state index in [4.69, 9.17) is 0 Å². The Morgan fingerprint density at radius 2 is 1.95 bits per heavy atom. The first-order valence-corrected chi connectivity index (χ1v) is 7.67. The molecule has 1 nitrogen and oxygen atoms in total. The minimum Gasteiger partial charge on any atom is -0.348 e. The summed E-state index contributed by atoms with van der Waals surface area (Å²) in [4.78, 5) is 0. The van der Waals surface area contributed by atoms with Gasteiger partial charge in [-0.3, -0.25) is 0 Å². The lowest BCUT2D eigenvalue weighted by Crippen LogP contribution is -1.99. The normalized spacial score (nSPS) is 13.7. The van der Waals surface area contributed by atoms with Crippen LogP contribution in [0.4, 0.5) is 0 Å². The lowest BCUT2D eigenvalue weighted by Gasteiger charge is -2.05. The van der Waals surface area contributed by atoms with E-state index in [-0.39, 0.29) is 0 Å². The maximum atomic E-state index is 2.58. The monoisotopic (exact) mass is 253 g/mol. The number of rotatable bonds is 5. The van der Waals surface area contributed by atoms with Crippen LogP contribution in [0.5, 0.6) is 0 Å². The fraction of sp³-hybridized carbons (Fsp3) is 0.444. The third-order valence-corrected chi connectivity index (χ3v) is 4.21. The Balaban J connectivity index is 1.91. The van der Waals surface area contributed by atoms with Crippen LogP contribution in [0.1, 0.15) is 44.0 Å². The predicted octanol–water partition coefficient (Wildman–Crippen LogP) is 4.83. The molecule has 100 valence electrons. The topological polar surface area (TPSA) is 4.93 Å². The maximum absolute atomic E-state index is 2.58. The number of fused-ring (bicyclic) bond motifs is 1. The largest absolute Gasteiger partial charge is 0.348 e. The van der Waals surface area contributed by atoms with Gasteiger partial charge in [-0.05, 0) is 37.3 Å². The van der Waals surface area contributed by atoms with Crippen molar-refractivity contribution in [3.8, 4) is 11.1 Å². The summed E-state index contributed by atoms with van der Waals surface area (Å²) in [6.07, 6.45) is 7.79. The van der Waals surface area contributed by atoms with E-state index < -0.39 is 0 Å². The molecule has 0 fully saturated rings. The predicted molar refractivity (Wildman–Crippen MR) is 81.4 cm³/mol. The van der Waals surface area contributed by atoms with E-state index in [9.17, 15) is 0 Å². The van der Waals surface area contributed by atoms with Gasteiger partial charge in [0, 0.05) is 23.5 Å². The van der Waals surface area contributed by atoms with E-state index in [1.165, 1.54) is 56.2 Å². The molecular formula is C18H23N. The molecule has 3 rings (SSSR count). The van der Waals surface area contributed by atoms with E-state index in [2.05, 4.69) is 47.9 Å². The van der Waals surface area contributed by atoms with Gasteiger partial charge in [-0.15, -0.1) is 0 Å². The molecule has 0 saturated heterocycles. The van der Waals surface area contributed by atoms with E-state index >= 15 is 0 Å². The summed E-state index contributed by atoms with van der Waals surface area (Å²) in [5.41, 5.74) is 5.98. The van der Waals surface area contributed by atoms with Crippen molar-refractivity contribution in [2.75, 3.05) is 0 Å². The lowest BCUT2D eigenvalue weighted by atomic mass is 10.0. The zero-order chi connectivity index (χ0) is 13.1. The number of nitrogens with zero attached hydrogens (tertiary/aromatic N) is 1. The summed E-state index contributed by atoms with van der Waals surface area (Å²) in [6, 6.07) is 13.3. The number of hydrogen-bond donors (Lipinski definition) is 0. The summed E-state index contributed by atoms with van der Waals surface area (Å²) in [5, 5.41) is 0. The van der Waals surface area contributed by atoms with E-state index in [0.717, 1.165) is 0 Å². The quantitative estimate of drug-likeness (QED) is 0.672. The van der Waals surface area contributed by atoms with Crippen molar-refractivity contribution in [3.63, 3.8) is 0 Å². The second-order valence-electron chi connectivity index (χ2n) is 5.57. The van der Waals surface area contributed by atoms with E-state index in [1.807, 2.05) is 0 Å². The van der Waals surface area contributed by atoms with Crippen LogP contribution < -0.4 is 0 Å². The highest BCUT2D eigenvalue weighted by molar-refractivity contribution is 5.68. The van der Waals surface area contributed by atoms with Gasteiger partial charge in [-0.2, -0.15) is 0 Å². The minimum atomic E-state index is 1.23. The average Bonchev–Trinajstić information content (AvgIpc) is 3.03. The van der Waals surface area contributed by atoms with E-state index in [0.29, 0.717) is 0 Å². The highest BCUT2D eigenvalue weighted by atomic mass is 15.0. The van der Waals surface area contributed by atoms with Gasteiger partial charge in [0.25, 0.3) is 0 Å². The van der Waals surface area contributed by atoms with Crippen LogP contribution in [0.25, 0.3) is 11.1 Å². The molecule has 1 aliphatic rings. The fourth-order valence-electron chi connectivity index (χ4n) is 3.23. The van der Waals surface area contributed by atoms with Gasteiger partial charge < -0.3 is 4.57 Å². The van der Waals surface area contributed by atoms with Crippen LogP contribution in [-0.2, 0) is 19.4 Å². The minimum absolute atomic E-state index is 1.23. The third-order valence-electron chi connectivity index (χ3n) is 4.21. The fourth-order valence-corrected chi connectivity index (χ4v) is 3.23. The molecule has 0 amide bonds. The van der Waals surface area contributed by atoms with Crippen LogP contribution in [0, 0.1) is 0 Å². The Bertz CT molecular complexity index is 536. The molecular weight excluding hydrogens is 230 g/mol. The van der Waals surface area contributed by atoms with Crippen molar-refractivity contribution in [2.24, 2.45) is 0 Å². The first kappa shape index (κ1) is 12.5.